The highest BCUT2D eigenvalue weighted by Gasteiger charge is 2.46. The van der Waals surface area contributed by atoms with E-state index in [2.05, 4.69) is 20.8 Å². The maximum absolute atomic E-state index is 5.59. The molecule has 2 fully saturated rings. The minimum absolute atomic E-state index is 0.120. The molecule has 2 heteroatoms. The number of hydrogen-bond acceptors (Lipinski definition) is 2. The van der Waals surface area contributed by atoms with Crippen LogP contribution in [-0.4, -0.2) is 19.5 Å². The molecule has 0 aromatic rings. The summed E-state index contributed by atoms with van der Waals surface area (Å²) < 4.78 is 11.1. The van der Waals surface area contributed by atoms with Gasteiger partial charge >= 0.3 is 0 Å². The van der Waals surface area contributed by atoms with Crippen LogP contribution in [0.1, 0.15) is 27.2 Å². The third-order valence-electron chi connectivity index (χ3n) is 3.15. The van der Waals surface area contributed by atoms with E-state index >= 15 is 0 Å². The van der Waals surface area contributed by atoms with E-state index in [-0.39, 0.29) is 6.29 Å². The fourth-order valence-electron chi connectivity index (χ4n) is 2.36. The van der Waals surface area contributed by atoms with Gasteiger partial charge in [-0.05, 0) is 17.8 Å². The second-order valence-corrected chi connectivity index (χ2v) is 5.00. The molecule has 2 heterocycles. The van der Waals surface area contributed by atoms with Gasteiger partial charge < -0.3 is 9.47 Å². The molecule has 0 saturated carbocycles. The summed E-state index contributed by atoms with van der Waals surface area (Å²) in [5.74, 6) is 1.34. The van der Waals surface area contributed by atoms with E-state index in [1.54, 1.807) is 0 Å². The van der Waals surface area contributed by atoms with Crippen molar-refractivity contribution < 1.29 is 9.47 Å². The highest BCUT2D eigenvalue weighted by atomic mass is 16.7. The molecule has 2 saturated heterocycles. The van der Waals surface area contributed by atoms with E-state index in [4.69, 9.17) is 9.47 Å². The zero-order valence-corrected chi connectivity index (χ0v) is 8.17. The third-order valence-corrected chi connectivity index (χ3v) is 3.15. The first-order chi connectivity index (χ1) is 5.59. The summed E-state index contributed by atoms with van der Waals surface area (Å²) in [6, 6.07) is 0. The van der Waals surface area contributed by atoms with Crippen molar-refractivity contribution in [3.8, 4) is 0 Å². The Bertz CT molecular complexity index is 171. The van der Waals surface area contributed by atoms with Gasteiger partial charge in [-0.2, -0.15) is 0 Å². The van der Waals surface area contributed by atoms with Crippen LogP contribution in [0.25, 0.3) is 0 Å². The summed E-state index contributed by atoms with van der Waals surface area (Å²) in [5, 5.41) is 0. The normalized spacial score (nSPS) is 41.8. The number of rotatable bonds is 0. The molecule has 0 N–H and O–H groups in total. The molecule has 3 atom stereocenters. The molecular formula is C10H18O2. The van der Waals surface area contributed by atoms with Crippen LogP contribution in [0.15, 0.2) is 0 Å². The zero-order valence-electron chi connectivity index (χ0n) is 8.17. The molecule has 0 unspecified atom stereocenters. The molecule has 0 aromatic carbocycles. The minimum atomic E-state index is 0.120. The Morgan fingerprint density at radius 3 is 2.58 bits per heavy atom. The fourth-order valence-corrected chi connectivity index (χ4v) is 2.36. The summed E-state index contributed by atoms with van der Waals surface area (Å²) in [4.78, 5) is 0. The van der Waals surface area contributed by atoms with E-state index < -0.39 is 0 Å². The van der Waals surface area contributed by atoms with Gasteiger partial charge in [0.05, 0.1) is 13.2 Å². The summed E-state index contributed by atoms with van der Waals surface area (Å²) in [6.45, 7) is 8.66. The molecule has 0 spiro atoms. The van der Waals surface area contributed by atoms with Gasteiger partial charge in [-0.25, -0.2) is 0 Å². The third kappa shape index (κ3) is 1.27. The Morgan fingerprint density at radius 1 is 1.17 bits per heavy atom. The summed E-state index contributed by atoms with van der Waals surface area (Å²) in [5.41, 5.74) is 0.368. The first kappa shape index (κ1) is 8.52. The average Bonchev–Trinajstić information content (AvgIpc) is 2.37. The van der Waals surface area contributed by atoms with Crippen LogP contribution in [0.2, 0.25) is 0 Å². The lowest BCUT2D eigenvalue weighted by molar-refractivity contribution is -0.0906. The zero-order chi connectivity index (χ0) is 8.77. The largest absolute Gasteiger partial charge is 0.352 e. The van der Waals surface area contributed by atoms with Gasteiger partial charge in [0.15, 0.2) is 6.29 Å². The minimum Gasteiger partial charge on any atom is -0.352 e. The van der Waals surface area contributed by atoms with Gasteiger partial charge in [0.25, 0.3) is 0 Å². The predicted octanol–water partition coefficient (Wildman–Crippen LogP) is 2.04. The van der Waals surface area contributed by atoms with Gasteiger partial charge in [0.1, 0.15) is 0 Å². The second-order valence-electron chi connectivity index (χ2n) is 5.00. The Hall–Kier alpha value is -0.0800. The van der Waals surface area contributed by atoms with Crippen molar-refractivity contribution in [1.82, 2.24) is 0 Å². The van der Waals surface area contributed by atoms with Crippen molar-refractivity contribution in [2.75, 3.05) is 13.2 Å². The van der Waals surface area contributed by atoms with Crippen molar-refractivity contribution in [2.24, 2.45) is 17.3 Å². The molecule has 12 heavy (non-hydrogen) atoms. The van der Waals surface area contributed by atoms with Gasteiger partial charge in [0.2, 0.25) is 0 Å². The summed E-state index contributed by atoms with van der Waals surface area (Å²) >= 11 is 0. The van der Waals surface area contributed by atoms with Crippen molar-refractivity contribution in [3.63, 3.8) is 0 Å². The maximum Gasteiger partial charge on any atom is 0.160 e. The molecule has 2 nitrogen and oxygen atoms in total. The Balaban J connectivity index is 2.09. The second kappa shape index (κ2) is 2.71. The van der Waals surface area contributed by atoms with Crippen LogP contribution in [0.3, 0.4) is 0 Å². The van der Waals surface area contributed by atoms with Crippen molar-refractivity contribution in [1.29, 1.82) is 0 Å². The van der Waals surface area contributed by atoms with Crippen LogP contribution in [0, 0.1) is 17.3 Å². The standard InChI is InChI=1S/C10H18O2/c1-10(2,3)8-6-12-9-7(8)4-5-11-9/h7-9H,4-6H2,1-3H3/t7-,8-,9+/m1/s1. The highest BCUT2D eigenvalue weighted by Crippen LogP contribution is 2.44. The molecule has 0 aliphatic carbocycles. The molecule has 70 valence electrons. The van der Waals surface area contributed by atoms with Crippen LogP contribution in [0.5, 0.6) is 0 Å². The van der Waals surface area contributed by atoms with E-state index in [0.29, 0.717) is 17.3 Å². The first-order valence-corrected chi connectivity index (χ1v) is 4.82. The Kier molecular flexibility index (Phi) is 1.92. The van der Waals surface area contributed by atoms with Crippen LogP contribution < -0.4 is 0 Å². The first-order valence-electron chi connectivity index (χ1n) is 4.82. The molecule has 0 amide bonds. The molecule has 2 aliphatic heterocycles. The lowest BCUT2D eigenvalue weighted by Crippen LogP contribution is -2.27. The molecule has 0 aromatic heterocycles. The molecule has 0 radical (unpaired) electrons. The molecule has 2 aliphatic rings. The predicted molar refractivity (Wildman–Crippen MR) is 46.7 cm³/mol. The van der Waals surface area contributed by atoms with Gasteiger partial charge in [0, 0.05) is 5.92 Å². The smallest absolute Gasteiger partial charge is 0.160 e. The summed E-state index contributed by atoms with van der Waals surface area (Å²) in [7, 11) is 0. The van der Waals surface area contributed by atoms with Gasteiger partial charge in [-0.3, -0.25) is 0 Å². The maximum atomic E-state index is 5.59. The molecular weight excluding hydrogens is 152 g/mol. The van der Waals surface area contributed by atoms with E-state index in [1.165, 1.54) is 6.42 Å². The van der Waals surface area contributed by atoms with Crippen molar-refractivity contribution in [3.05, 3.63) is 0 Å². The van der Waals surface area contributed by atoms with Crippen LogP contribution in [-0.2, 0) is 9.47 Å². The van der Waals surface area contributed by atoms with E-state index in [9.17, 15) is 0 Å². The Morgan fingerprint density at radius 2 is 1.92 bits per heavy atom. The van der Waals surface area contributed by atoms with E-state index in [1.807, 2.05) is 0 Å². The quantitative estimate of drug-likeness (QED) is 0.554. The lowest BCUT2D eigenvalue weighted by Gasteiger charge is -2.29. The van der Waals surface area contributed by atoms with Crippen LogP contribution >= 0.6 is 0 Å². The summed E-state index contributed by atoms with van der Waals surface area (Å²) in [6.07, 6.45) is 1.31. The lowest BCUT2D eigenvalue weighted by atomic mass is 9.74. The molecule has 0 bridgehead atoms. The van der Waals surface area contributed by atoms with Crippen LogP contribution in [0.4, 0.5) is 0 Å². The monoisotopic (exact) mass is 170 g/mol. The van der Waals surface area contributed by atoms with E-state index in [0.717, 1.165) is 13.2 Å². The highest BCUT2D eigenvalue weighted by molar-refractivity contribution is 4.89. The number of fused-ring (bicyclic) bond motifs is 1. The van der Waals surface area contributed by atoms with Gasteiger partial charge in [-0.15, -0.1) is 0 Å². The van der Waals surface area contributed by atoms with Crippen molar-refractivity contribution >= 4 is 0 Å². The van der Waals surface area contributed by atoms with Gasteiger partial charge in [-0.1, -0.05) is 20.8 Å². The van der Waals surface area contributed by atoms with Crippen molar-refractivity contribution in [2.45, 2.75) is 33.5 Å². The average molecular weight is 170 g/mol. The topological polar surface area (TPSA) is 18.5 Å². The number of hydrogen-bond donors (Lipinski definition) is 0. The Labute approximate surface area is 74.2 Å². The SMILES string of the molecule is CC(C)(C)[C@@H]1CO[C@@H]2OCC[C@@H]21. The fraction of sp³-hybridized carbons (Fsp3) is 1.00. The number of ether oxygens (including phenoxy) is 2. The molecule has 2 rings (SSSR count).